The minimum Gasteiger partial charge on any atom is -0.495 e. The van der Waals surface area contributed by atoms with Crippen LogP contribution in [0.2, 0.25) is 0 Å². The molecule has 0 aliphatic rings. The predicted molar refractivity (Wildman–Crippen MR) is 74.4 cm³/mol. The number of anilines is 1. The summed E-state index contributed by atoms with van der Waals surface area (Å²) in [5.41, 5.74) is 5.90. The fourth-order valence-electron chi connectivity index (χ4n) is 1.25. The van der Waals surface area contributed by atoms with Gasteiger partial charge >= 0.3 is 0 Å². The molecule has 0 aromatic heterocycles. The van der Waals surface area contributed by atoms with Gasteiger partial charge in [0.15, 0.2) is 0 Å². The van der Waals surface area contributed by atoms with Crippen molar-refractivity contribution in [2.45, 2.75) is 4.90 Å². The van der Waals surface area contributed by atoms with Crippen LogP contribution in [0.4, 0.5) is 5.69 Å². The Hall–Kier alpha value is -1.32. The molecule has 0 aliphatic carbocycles. The Morgan fingerprint density at radius 1 is 1.47 bits per heavy atom. The van der Waals surface area contributed by atoms with Crippen LogP contribution in [-0.4, -0.2) is 35.0 Å². The first-order chi connectivity index (χ1) is 8.81. The molecular formula is C10H14BrN3O4S. The van der Waals surface area contributed by atoms with Crippen LogP contribution in [-0.2, 0) is 14.8 Å². The van der Waals surface area contributed by atoms with Gasteiger partial charge in [0.05, 0.1) is 13.7 Å². The first kappa shape index (κ1) is 15.7. The average Bonchev–Trinajstić information content (AvgIpc) is 2.38. The smallest absolute Gasteiger partial charge is 0.244 e. The average molecular weight is 352 g/mol. The molecule has 0 spiro atoms. The van der Waals surface area contributed by atoms with E-state index in [9.17, 15) is 13.2 Å². The highest BCUT2D eigenvalue weighted by Crippen LogP contribution is 2.32. The maximum absolute atomic E-state index is 12.1. The van der Waals surface area contributed by atoms with Crippen LogP contribution in [0.5, 0.6) is 5.75 Å². The molecule has 1 aromatic carbocycles. The zero-order chi connectivity index (χ0) is 14.6. The van der Waals surface area contributed by atoms with Crippen LogP contribution in [0.15, 0.2) is 21.5 Å². The molecule has 0 fully saturated rings. The largest absolute Gasteiger partial charge is 0.495 e. The lowest BCUT2D eigenvalue weighted by Crippen LogP contribution is -2.35. The summed E-state index contributed by atoms with van der Waals surface area (Å²) in [6, 6.07) is 2.71. The van der Waals surface area contributed by atoms with E-state index in [-0.39, 0.29) is 22.9 Å². The van der Waals surface area contributed by atoms with Crippen LogP contribution in [0.1, 0.15) is 0 Å². The number of hydrogen-bond acceptors (Lipinski definition) is 5. The van der Waals surface area contributed by atoms with Gasteiger partial charge in [0.2, 0.25) is 15.9 Å². The Morgan fingerprint density at radius 2 is 2.11 bits per heavy atom. The summed E-state index contributed by atoms with van der Waals surface area (Å²) in [5.74, 6) is -0.321. The van der Waals surface area contributed by atoms with Gasteiger partial charge in [-0.15, -0.1) is 0 Å². The molecule has 4 N–H and O–H groups in total. The highest BCUT2D eigenvalue weighted by atomic mass is 79.9. The number of likely N-dealkylation sites (N-methyl/N-ethyl adjacent to an activating group) is 1. The van der Waals surface area contributed by atoms with Gasteiger partial charge in [-0.05, 0) is 28.1 Å². The highest BCUT2D eigenvalue weighted by molar-refractivity contribution is 9.10. The van der Waals surface area contributed by atoms with Crippen molar-refractivity contribution in [3.05, 3.63) is 16.6 Å². The fourth-order valence-corrected chi connectivity index (χ4v) is 2.74. The predicted octanol–water partition coefficient (Wildman–Crippen LogP) is 0.0642. The SMILES string of the molecule is CNC(=O)CNS(=O)(=O)c1cc(N)c(Br)cc1OC. The van der Waals surface area contributed by atoms with Crippen molar-refractivity contribution in [2.24, 2.45) is 0 Å². The van der Waals surface area contributed by atoms with E-state index in [4.69, 9.17) is 10.5 Å². The van der Waals surface area contributed by atoms with Crippen LogP contribution >= 0.6 is 15.9 Å². The third kappa shape index (κ3) is 3.82. The summed E-state index contributed by atoms with van der Waals surface area (Å²) in [5, 5.41) is 2.31. The van der Waals surface area contributed by atoms with E-state index in [0.717, 1.165) is 0 Å². The number of rotatable bonds is 5. The Balaban J connectivity index is 3.13. The number of nitrogen functional groups attached to an aromatic ring is 1. The van der Waals surface area contributed by atoms with Crippen molar-refractivity contribution in [3.63, 3.8) is 0 Å². The van der Waals surface area contributed by atoms with Gasteiger partial charge in [-0.2, -0.15) is 0 Å². The first-order valence-electron chi connectivity index (χ1n) is 5.15. The standard InChI is InChI=1S/C10H14BrN3O4S/c1-13-10(15)5-14-19(16,17)9-4-7(12)6(11)3-8(9)18-2/h3-4,14H,5,12H2,1-2H3,(H,13,15). The van der Waals surface area contributed by atoms with Gasteiger partial charge < -0.3 is 15.8 Å². The van der Waals surface area contributed by atoms with Gasteiger partial charge in [-0.3, -0.25) is 4.79 Å². The molecule has 1 aromatic rings. The topological polar surface area (TPSA) is 111 Å². The fraction of sp³-hybridized carbons (Fsp3) is 0.300. The third-order valence-electron chi connectivity index (χ3n) is 2.27. The summed E-state index contributed by atoms with van der Waals surface area (Å²) in [7, 11) is -1.13. The maximum atomic E-state index is 12.1. The van der Waals surface area contributed by atoms with E-state index >= 15 is 0 Å². The lowest BCUT2D eigenvalue weighted by molar-refractivity contribution is -0.119. The summed E-state index contributed by atoms with van der Waals surface area (Å²) >= 11 is 3.18. The molecule has 9 heteroatoms. The second-order valence-corrected chi connectivity index (χ2v) is 6.11. The number of sulfonamides is 1. The summed E-state index contributed by atoms with van der Waals surface area (Å²) in [4.78, 5) is 10.9. The second-order valence-electron chi connectivity index (χ2n) is 3.52. The van der Waals surface area contributed by atoms with Crippen LogP contribution in [0.25, 0.3) is 0 Å². The molecule has 0 bridgehead atoms. The van der Waals surface area contributed by atoms with E-state index in [0.29, 0.717) is 4.47 Å². The molecule has 106 valence electrons. The van der Waals surface area contributed by atoms with Gasteiger partial charge in [0, 0.05) is 17.2 Å². The van der Waals surface area contributed by atoms with E-state index in [2.05, 4.69) is 26.0 Å². The number of benzene rings is 1. The van der Waals surface area contributed by atoms with Gasteiger partial charge in [-0.1, -0.05) is 0 Å². The molecule has 0 saturated carbocycles. The van der Waals surface area contributed by atoms with Crippen LogP contribution in [0.3, 0.4) is 0 Å². The molecule has 1 rings (SSSR count). The minimum atomic E-state index is -3.88. The molecule has 7 nitrogen and oxygen atoms in total. The summed E-state index contributed by atoms with van der Waals surface area (Å²) < 4.78 is 31.8. The van der Waals surface area contributed by atoms with Gasteiger partial charge in [-0.25, -0.2) is 13.1 Å². The van der Waals surface area contributed by atoms with E-state index in [1.807, 2.05) is 0 Å². The van der Waals surface area contributed by atoms with Crippen molar-refractivity contribution in [1.29, 1.82) is 0 Å². The Bertz CT molecular complexity index is 589. The minimum absolute atomic E-state index is 0.125. The molecule has 0 aliphatic heterocycles. The Kier molecular flexibility index (Phi) is 5.15. The first-order valence-corrected chi connectivity index (χ1v) is 7.42. The quantitative estimate of drug-likeness (QED) is 0.650. The molecular weight excluding hydrogens is 338 g/mol. The molecule has 0 atom stereocenters. The van der Waals surface area contributed by atoms with Crippen molar-refractivity contribution in [1.82, 2.24) is 10.0 Å². The van der Waals surface area contributed by atoms with Gasteiger partial charge in [0.1, 0.15) is 10.6 Å². The Morgan fingerprint density at radius 3 is 2.63 bits per heavy atom. The second kappa shape index (κ2) is 6.22. The number of carbonyl (C=O) groups excluding carboxylic acids is 1. The number of nitrogens with one attached hydrogen (secondary N) is 2. The number of halogens is 1. The van der Waals surface area contributed by atoms with Crippen molar-refractivity contribution < 1.29 is 17.9 Å². The normalized spacial score (nSPS) is 11.1. The summed E-state index contributed by atoms with van der Waals surface area (Å²) in [6.07, 6.45) is 0. The molecule has 1 amide bonds. The number of methoxy groups -OCH3 is 1. The number of hydrogen-bond donors (Lipinski definition) is 3. The number of carbonyl (C=O) groups is 1. The Labute approximate surface area is 119 Å². The van der Waals surface area contributed by atoms with Crippen molar-refractivity contribution in [3.8, 4) is 5.75 Å². The lowest BCUT2D eigenvalue weighted by Gasteiger charge is -2.12. The number of amides is 1. The maximum Gasteiger partial charge on any atom is 0.244 e. The molecule has 0 unspecified atom stereocenters. The van der Waals surface area contributed by atoms with Crippen LogP contribution < -0.4 is 20.5 Å². The van der Waals surface area contributed by atoms with E-state index < -0.39 is 15.9 Å². The molecule has 0 radical (unpaired) electrons. The van der Waals surface area contributed by atoms with E-state index in [1.54, 1.807) is 0 Å². The highest BCUT2D eigenvalue weighted by Gasteiger charge is 2.21. The monoisotopic (exact) mass is 351 g/mol. The number of ether oxygens (including phenoxy) is 1. The summed E-state index contributed by atoms with van der Waals surface area (Å²) in [6.45, 7) is -0.363. The van der Waals surface area contributed by atoms with Crippen molar-refractivity contribution >= 4 is 37.5 Å². The molecule has 0 heterocycles. The van der Waals surface area contributed by atoms with Gasteiger partial charge in [0.25, 0.3) is 0 Å². The zero-order valence-electron chi connectivity index (χ0n) is 10.4. The third-order valence-corrected chi connectivity index (χ3v) is 4.38. The molecule has 19 heavy (non-hydrogen) atoms. The van der Waals surface area contributed by atoms with Crippen molar-refractivity contribution in [2.75, 3.05) is 26.4 Å². The molecule has 0 saturated heterocycles. The zero-order valence-corrected chi connectivity index (χ0v) is 12.8. The van der Waals surface area contributed by atoms with E-state index in [1.165, 1.54) is 26.3 Å². The lowest BCUT2D eigenvalue weighted by atomic mass is 10.3. The number of nitrogens with two attached hydrogens (primary N) is 1. The van der Waals surface area contributed by atoms with Crippen LogP contribution in [0, 0.1) is 0 Å².